The number of benzene rings is 2. The van der Waals surface area contributed by atoms with Gasteiger partial charge in [-0.2, -0.15) is 0 Å². The Hall–Kier alpha value is -6.88. The van der Waals surface area contributed by atoms with Crippen molar-refractivity contribution in [3.63, 3.8) is 0 Å². The summed E-state index contributed by atoms with van der Waals surface area (Å²) in [5.41, 5.74) is 3.69. The minimum Gasteiger partial charge on any atom is -0.466 e. The molecule has 0 saturated carbocycles. The van der Waals surface area contributed by atoms with Gasteiger partial charge in [-0.1, -0.05) is 222 Å². The molecule has 0 spiro atoms. The van der Waals surface area contributed by atoms with Crippen molar-refractivity contribution in [2.75, 3.05) is 31.3 Å². The van der Waals surface area contributed by atoms with Gasteiger partial charge < -0.3 is 49.7 Å². The molecule has 1 aromatic heterocycles. The summed E-state index contributed by atoms with van der Waals surface area (Å²) in [6.07, 6.45) is 17.9. The number of thiazole rings is 1. The zero-order valence-corrected chi connectivity index (χ0v) is 70.6. The molecule has 0 aliphatic heterocycles. The molecule has 1 heterocycles. The monoisotopic (exact) mass is 1560 g/mol. The maximum atomic E-state index is 13.6. The Bertz CT molecular complexity index is 3330. The van der Waals surface area contributed by atoms with Gasteiger partial charge in [0.2, 0.25) is 0 Å². The number of ether oxygens (including phenoxy) is 6. The number of alkyl carbamates (subject to hydrolysis) is 2. The molecular weight excluding hydrogens is 1440 g/mol. The van der Waals surface area contributed by atoms with E-state index in [1.54, 1.807) is 66.7 Å². The summed E-state index contributed by atoms with van der Waals surface area (Å²) in [6.45, 7) is 33.8. The smallest absolute Gasteiger partial charge is 0.408 e. The average molecular weight is 1560 g/mol. The number of nitrogens with zero attached hydrogens (tertiary/aromatic N) is 1. The van der Waals surface area contributed by atoms with Crippen LogP contribution in [0.25, 0.3) is 11.1 Å². The number of esters is 4. The van der Waals surface area contributed by atoms with Crippen LogP contribution in [0.5, 0.6) is 0 Å². The normalized spacial score (nSPS) is 13.8. The van der Waals surface area contributed by atoms with E-state index < -0.39 is 106 Å². The lowest BCUT2D eigenvalue weighted by molar-refractivity contribution is -0.157. The standard InChI is InChI=1S/C40H66N4O9S2Si.C40H57NO7SSi/c1-12-14-15-16-17-21-33(46)54-23-19-18-20-29(25-32(45)51-22-24-56(9,10)11)52-38(49)34(27(3)4)44-35(47)30(13-2)42-36(48)31-26-55-37(43-31)28(5)41-39(50)53-40(6,7)8;1-7-8-9-10-11-23-37(43)49-25-17-16-18-30(27-36(42)46-24-26-50(4,5)6)48-39(44)38(29(2)3)41-40(45)47-28-35-33-21-14-12-19-31(33)32-20-13-15-22-34(32)35/h13,18,20,26-29,34H,12,14-17,19,21-25H2,1-11H3,(H,41,50)(H,42,48)(H,44,47);12-16,18-22,29-30,35,38H,7-11,17,23-28H2,1-6H3,(H,41,45)/b20-18+,30-13-;18-16+/t28-,29-,34+;30-,38+/m11/s1. The van der Waals surface area contributed by atoms with Crippen molar-refractivity contribution in [1.29, 1.82) is 0 Å². The van der Waals surface area contributed by atoms with Crippen molar-refractivity contribution in [1.82, 2.24) is 26.3 Å². The average Bonchev–Trinajstić information content (AvgIpc) is 1.62. The summed E-state index contributed by atoms with van der Waals surface area (Å²) < 4.78 is 33.5. The van der Waals surface area contributed by atoms with Crippen LogP contribution in [-0.4, -0.2) is 140 Å². The molecule has 1 aliphatic rings. The Morgan fingerprint density at radius 1 is 0.594 bits per heavy atom. The van der Waals surface area contributed by atoms with E-state index in [-0.39, 0.29) is 59.5 Å². The number of fused-ring (bicyclic) bond motifs is 3. The minimum atomic E-state index is -1.44. The SMILES string of the molecule is C/C=C(\NC(=O)c1csc([C@@H](C)NC(=O)OC(C)(C)C)n1)C(=O)N[C@H](C(=O)O[C@H](/C=C/CCSC(=O)CCCCCCC)CC(=O)OCC[Si](C)(C)C)C(C)C.CCCCCCCC(=O)SCC/C=C/[C@H](CC(=O)OCC[Si](C)(C)C)OC(=O)[C@@H](NC(=O)OCC1c2ccccc2-c2ccccc21)C(C)C. The maximum absolute atomic E-state index is 13.6. The second-order valence-corrected chi connectivity index (χ2v) is 45.0. The van der Waals surface area contributed by atoms with Crippen LogP contribution in [0.15, 0.2) is 90.0 Å². The van der Waals surface area contributed by atoms with E-state index in [0.717, 1.165) is 90.6 Å². The number of hydrogen-bond donors (Lipinski definition) is 4. The third-order valence-electron chi connectivity index (χ3n) is 16.7. The Balaban J connectivity index is 0.000000553. The highest BCUT2D eigenvalue weighted by Crippen LogP contribution is 2.44. The van der Waals surface area contributed by atoms with Crippen molar-refractivity contribution in [3.05, 3.63) is 112 Å². The van der Waals surface area contributed by atoms with Gasteiger partial charge in [-0.15, -0.1) is 11.3 Å². The van der Waals surface area contributed by atoms with Crippen molar-refractivity contribution >= 4 is 109 Å². The van der Waals surface area contributed by atoms with Gasteiger partial charge in [0.1, 0.15) is 52.9 Å². The van der Waals surface area contributed by atoms with E-state index in [1.807, 2.05) is 56.3 Å². The second kappa shape index (κ2) is 49.2. The summed E-state index contributed by atoms with van der Waals surface area (Å²) in [7, 11) is -2.84. The highest BCUT2D eigenvalue weighted by molar-refractivity contribution is 8.13. The number of aromatic nitrogens is 1. The van der Waals surface area contributed by atoms with Gasteiger partial charge in [-0.25, -0.2) is 24.2 Å². The molecule has 21 nitrogen and oxygen atoms in total. The molecule has 0 saturated heterocycles. The fraction of sp³-hybridized carbons (Fsp3) is 0.613. The van der Waals surface area contributed by atoms with Crippen LogP contribution in [0.3, 0.4) is 0 Å². The number of amides is 4. The second-order valence-electron chi connectivity index (χ2n) is 30.6. The molecule has 0 unspecified atom stereocenters. The fourth-order valence-corrected chi connectivity index (χ4v) is 14.3. The van der Waals surface area contributed by atoms with Crippen LogP contribution in [0, 0.1) is 11.8 Å². The van der Waals surface area contributed by atoms with Crippen LogP contribution in [-0.2, 0) is 62.0 Å². The lowest BCUT2D eigenvalue weighted by atomic mass is 9.98. The number of unbranched alkanes of at least 4 members (excludes halogenated alkanes) is 8. The highest BCUT2D eigenvalue weighted by atomic mass is 32.2. The van der Waals surface area contributed by atoms with Gasteiger partial charge >= 0.3 is 36.1 Å². The first kappa shape index (κ1) is 93.3. The van der Waals surface area contributed by atoms with E-state index >= 15 is 0 Å². The third-order valence-corrected chi connectivity index (χ3v) is 23.0. The molecule has 26 heteroatoms. The number of carbonyl (C=O) groups excluding carboxylic acids is 10. The van der Waals surface area contributed by atoms with Crippen LogP contribution >= 0.6 is 34.9 Å². The largest absolute Gasteiger partial charge is 0.466 e. The Morgan fingerprint density at radius 2 is 1.05 bits per heavy atom. The predicted octanol–water partition coefficient (Wildman–Crippen LogP) is 17.6. The van der Waals surface area contributed by atoms with E-state index in [4.69, 9.17) is 28.4 Å². The first-order valence-electron chi connectivity index (χ1n) is 37.8. The highest BCUT2D eigenvalue weighted by Gasteiger charge is 2.34. The molecule has 4 amide bonds. The summed E-state index contributed by atoms with van der Waals surface area (Å²) in [5, 5.41) is 12.9. The number of allylic oxidation sites excluding steroid dienone is 3. The van der Waals surface area contributed by atoms with E-state index in [0.29, 0.717) is 48.8 Å². The molecule has 2 aromatic carbocycles. The lowest BCUT2D eigenvalue weighted by Gasteiger charge is -2.24. The minimum absolute atomic E-state index is 0.0336. The van der Waals surface area contributed by atoms with Crippen LogP contribution < -0.4 is 21.3 Å². The molecule has 0 bridgehead atoms. The van der Waals surface area contributed by atoms with Gasteiger partial charge in [-0.05, 0) is 119 Å². The Morgan fingerprint density at radius 3 is 1.48 bits per heavy atom. The molecular formula is C80H123N5O16S3Si2. The van der Waals surface area contributed by atoms with Gasteiger partial charge in [0.15, 0.2) is 10.2 Å². The molecule has 0 radical (unpaired) electrons. The Kier molecular flexibility index (Phi) is 43.3. The van der Waals surface area contributed by atoms with Crippen molar-refractivity contribution in [3.8, 4) is 11.1 Å². The molecule has 106 heavy (non-hydrogen) atoms. The number of carbonyl (C=O) groups is 10. The molecule has 0 fully saturated rings. The Labute approximate surface area is 646 Å². The van der Waals surface area contributed by atoms with E-state index in [9.17, 15) is 47.9 Å². The van der Waals surface area contributed by atoms with Crippen molar-refractivity contribution in [2.24, 2.45) is 11.8 Å². The quantitative estimate of drug-likeness (QED) is 0.0102. The molecule has 1 aliphatic carbocycles. The number of thioether (sulfide) groups is 2. The van der Waals surface area contributed by atoms with Crippen LogP contribution in [0.1, 0.15) is 217 Å². The van der Waals surface area contributed by atoms with Crippen molar-refractivity contribution in [2.45, 2.75) is 272 Å². The first-order chi connectivity index (χ1) is 50.0. The molecule has 590 valence electrons. The maximum Gasteiger partial charge on any atom is 0.408 e. The van der Waals surface area contributed by atoms with Gasteiger partial charge in [0.05, 0.1) is 32.1 Å². The molecule has 5 atom stereocenters. The summed E-state index contributed by atoms with van der Waals surface area (Å²) >= 11 is 3.74. The third kappa shape index (κ3) is 38.8. The number of nitrogens with one attached hydrogen (secondary N) is 4. The zero-order chi connectivity index (χ0) is 79.0. The number of hydrogen-bond acceptors (Lipinski definition) is 20. The van der Waals surface area contributed by atoms with E-state index in [1.165, 1.54) is 54.2 Å². The van der Waals surface area contributed by atoms with Crippen molar-refractivity contribution < 1.29 is 76.4 Å². The van der Waals surface area contributed by atoms with E-state index in [2.05, 4.69) is 91.5 Å². The molecule has 4 N–H and O–H groups in total. The zero-order valence-electron chi connectivity index (χ0n) is 66.2. The lowest BCUT2D eigenvalue weighted by Crippen LogP contribution is -2.48. The van der Waals surface area contributed by atoms with Crippen LogP contribution in [0.2, 0.25) is 51.4 Å². The summed E-state index contributed by atoms with van der Waals surface area (Å²) in [6, 6.07) is 15.2. The number of rotatable bonds is 45. The first-order valence-corrected chi connectivity index (χ1v) is 48.0. The van der Waals surface area contributed by atoms with Gasteiger partial charge in [0.25, 0.3) is 11.8 Å². The van der Waals surface area contributed by atoms with Gasteiger partial charge in [-0.3, -0.25) is 28.8 Å². The molecule has 3 aromatic rings. The molecule has 4 rings (SSSR count). The topological polar surface area (TPSA) is 287 Å². The van der Waals surface area contributed by atoms with Gasteiger partial charge in [0, 0.05) is 51.8 Å². The summed E-state index contributed by atoms with van der Waals surface area (Å²) in [4.78, 5) is 133. The predicted molar refractivity (Wildman–Crippen MR) is 431 cm³/mol. The van der Waals surface area contributed by atoms with Crippen LogP contribution in [0.4, 0.5) is 9.59 Å². The fourth-order valence-electron chi connectivity index (χ4n) is 10.6. The summed E-state index contributed by atoms with van der Waals surface area (Å²) in [5.74, 6) is -3.45.